The molecule has 1 heterocycles. The monoisotopic (exact) mass is 256 g/mol. The zero-order valence-electron chi connectivity index (χ0n) is 11.0. The molecule has 0 aromatic carbocycles. The summed E-state index contributed by atoms with van der Waals surface area (Å²) in [5.74, 6) is 0.487. The lowest BCUT2D eigenvalue weighted by Gasteiger charge is -2.19. The predicted octanol–water partition coefficient (Wildman–Crippen LogP) is 3.08. The van der Waals surface area contributed by atoms with Crippen LogP contribution < -0.4 is 4.67 Å². The van der Waals surface area contributed by atoms with Gasteiger partial charge in [-0.15, -0.1) is 0 Å². The molecule has 1 aromatic rings. The van der Waals surface area contributed by atoms with Gasteiger partial charge in [0.15, 0.2) is 0 Å². The fourth-order valence-electron chi connectivity index (χ4n) is 1.46. The summed E-state index contributed by atoms with van der Waals surface area (Å²) >= 11 is 1.41. The highest BCUT2D eigenvalue weighted by Crippen LogP contribution is 2.18. The first kappa shape index (κ1) is 14.0. The number of hydrogen-bond donors (Lipinski definition) is 1. The van der Waals surface area contributed by atoms with Crippen molar-refractivity contribution in [2.24, 2.45) is 10.9 Å². The van der Waals surface area contributed by atoms with E-state index in [0.717, 1.165) is 12.0 Å². The first-order valence-electron chi connectivity index (χ1n) is 5.70. The van der Waals surface area contributed by atoms with Gasteiger partial charge < -0.3 is 5.11 Å². The summed E-state index contributed by atoms with van der Waals surface area (Å²) in [6, 6.07) is 0. The van der Waals surface area contributed by atoms with Crippen LogP contribution in [-0.2, 0) is 12.0 Å². The van der Waals surface area contributed by atoms with Crippen LogP contribution in [0.15, 0.2) is 11.2 Å². The Labute approximate surface area is 106 Å². The molecule has 1 N–H and O–H groups in total. The zero-order chi connectivity index (χ0) is 13.2. The van der Waals surface area contributed by atoms with Crippen LogP contribution in [0.3, 0.4) is 0 Å². The molecule has 1 rings (SSSR count). The number of rotatable bonds is 2. The van der Waals surface area contributed by atoms with Crippen molar-refractivity contribution in [3.8, 4) is 0 Å². The number of carbonyl (C=O) groups is 1. The van der Waals surface area contributed by atoms with Crippen LogP contribution in [0.1, 0.15) is 40.2 Å². The molecule has 0 aliphatic heterocycles. The molecule has 0 bridgehead atoms. The SMILES string of the molecule is CC(C)Cc1cn(C(C)(C)C)s/c1=N\C(=O)O. The molecular weight excluding hydrogens is 236 g/mol. The topological polar surface area (TPSA) is 54.6 Å². The number of carboxylic acid groups (broad SMARTS) is 1. The minimum atomic E-state index is -1.13. The Kier molecular flexibility index (Phi) is 4.14. The number of hydrogen-bond acceptors (Lipinski definition) is 2. The Balaban J connectivity index is 3.27. The van der Waals surface area contributed by atoms with Crippen LogP contribution in [0.25, 0.3) is 0 Å². The van der Waals surface area contributed by atoms with E-state index < -0.39 is 6.09 Å². The van der Waals surface area contributed by atoms with Gasteiger partial charge in [-0.1, -0.05) is 13.8 Å². The van der Waals surface area contributed by atoms with Gasteiger partial charge in [0.05, 0.1) is 0 Å². The van der Waals surface area contributed by atoms with Crippen LogP contribution in [0, 0.1) is 5.92 Å². The van der Waals surface area contributed by atoms with E-state index in [9.17, 15) is 4.79 Å². The van der Waals surface area contributed by atoms with Gasteiger partial charge in [-0.2, -0.15) is 4.99 Å². The van der Waals surface area contributed by atoms with E-state index >= 15 is 0 Å². The van der Waals surface area contributed by atoms with Crippen molar-refractivity contribution in [2.45, 2.75) is 46.6 Å². The molecular formula is C12H20N2O2S. The second kappa shape index (κ2) is 5.04. The molecule has 5 heteroatoms. The smallest absolute Gasteiger partial charge is 0.432 e. The van der Waals surface area contributed by atoms with Crippen molar-refractivity contribution in [2.75, 3.05) is 0 Å². The highest BCUT2D eigenvalue weighted by molar-refractivity contribution is 7.04. The standard InChI is InChI=1S/C12H20N2O2S/c1-8(2)6-9-7-14(12(3,4)5)17-10(9)13-11(15)16/h7-8H,6H2,1-5H3,(H,15,16)/b13-10-. The maximum Gasteiger partial charge on any atom is 0.432 e. The van der Waals surface area contributed by atoms with Gasteiger partial charge in [-0.05, 0) is 44.6 Å². The van der Waals surface area contributed by atoms with Crippen molar-refractivity contribution < 1.29 is 9.90 Å². The Morgan fingerprint density at radius 3 is 2.53 bits per heavy atom. The van der Waals surface area contributed by atoms with Crippen LogP contribution >= 0.6 is 11.5 Å². The predicted molar refractivity (Wildman–Crippen MR) is 69.4 cm³/mol. The second-order valence-corrected chi connectivity index (χ2v) is 6.50. The molecule has 0 radical (unpaired) electrons. The summed E-state index contributed by atoms with van der Waals surface area (Å²) in [5.41, 5.74) is 0.977. The molecule has 0 fully saturated rings. The largest absolute Gasteiger partial charge is 0.463 e. The third-order valence-electron chi connectivity index (χ3n) is 2.22. The first-order chi connectivity index (χ1) is 7.70. The van der Waals surface area contributed by atoms with Gasteiger partial charge in [0.1, 0.15) is 4.67 Å². The van der Waals surface area contributed by atoms with E-state index in [1.807, 2.05) is 6.20 Å². The summed E-state index contributed by atoms with van der Waals surface area (Å²) < 4.78 is 2.67. The first-order valence-corrected chi connectivity index (χ1v) is 6.47. The molecule has 0 aliphatic carbocycles. The summed E-state index contributed by atoms with van der Waals surface area (Å²) in [4.78, 5) is 14.4. The summed E-state index contributed by atoms with van der Waals surface area (Å²) in [7, 11) is 0. The molecule has 1 amide bonds. The third kappa shape index (κ3) is 4.00. The Morgan fingerprint density at radius 1 is 1.53 bits per heavy atom. The van der Waals surface area contributed by atoms with Gasteiger partial charge in [-0.3, -0.25) is 3.96 Å². The van der Waals surface area contributed by atoms with Gasteiger partial charge >= 0.3 is 6.09 Å². The highest BCUT2D eigenvalue weighted by Gasteiger charge is 2.16. The van der Waals surface area contributed by atoms with Crippen molar-refractivity contribution in [1.82, 2.24) is 3.96 Å². The quantitative estimate of drug-likeness (QED) is 0.884. The van der Waals surface area contributed by atoms with Gasteiger partial charge in [-0.25, -0.2) is 4.79 Å². The summed E-state index contributed by atoms with van der Waals surface area (Å²) in [6.45, 7) is 10.5. The molecule has 4 nitrogen and oxygen atoms in total. The van der Waals surface area contributed by atoms with Crippen LogP contribution in [-0.4, -0.2) is 15.2 Å². The normalized spacial score (nSPS) is 13.4. The average molecular weight is 256 g/mol. The van der Waals surface area contributed by atoms with E-state index in [1.54, 1.807) is 0 Å². The van der Waals surface area contributed by atoms with Gasteiger partial charge in [0.25, 0.3) is 0 Å². The van der Waals surface area contributed by atoms with E-state index in [1.165, 1.54) is 11.5 Å². The summed E-state index contributed by atoms with van der Waals surface area (Å²) in [6.07, 6.45) is 1.75. The van der Waals surface area contributed by atoms with Crippen molar-refractivity contribution >= 4 is 17.6 Å². The van der Waals surface area contributed by atoms with E-state index in [2.05, 4.69) is 43.6 Å². The van der Waals surface area contributed by atoms with Crippen molar-refractivity contribution in [3.05, 3.63) is 16.4 Å². The molecule has 0 spiro atoms. The van der Waals surface area contributed by atoms with E-state index in [4.69, 9.17) is 5.11 Å². The average Bonchev–Trinajstić information content (AvgIpc) is 2.45. The maximum atomic E-state index is 10.7. The zero-order valence-corrected chi connectivity index (χ0v) is 11.8. The lowest BCUT2D eigenvalue weighted by molar-refractivity contribution is 0.205. The Hall–Kier alpha value is -1.10. The Bertz CT molecular complexity index is 464. The second-order valence-electron chi connectivity index (χ2n) is 5.54. The molecule has 0 saturated heterocycles. The van der Waals surface area contributed by atoms with Crippen molar-refractivity contribution in [1.29, 1.82) is 0 Å². The fraction of sp³-hybridized carbons (Fsp3) is 0.667. The highest BCUT2D eigenvalue weighted by atomic mass is 32.1. The summed E-state index contributed by atoms with van der Waals surface area (Å²) in [5, 5.41) is 8.77. The van der Waals surface area contributed by atoms with Gasteiger partial charge in [0.2, 0.25) is 0 Å². The number of amides is 1. The lowest BCUT2D eigenvalue weighted by Crippen LogP contribution is -2.18. The molecule has 0 saturated carbocycles. The van der Waals surface area contributed by atoms with Crippen LogP contribution in [0.4, 0.5) is 4.79 Å². The lowest BCUT2D eigenvalue weighted by atomic mass is 10.1. The van der Waals surface area contributed by atoms with Crippen LogP contribution in [0.2, 0.25) is 0 Å². The molecule has 17 heavy (non-hydrogen) atoms. The molecule has 0 atom stereocenters. The number of aromatic nitrogens is 1. The minimum Gasteiger partial charge on any atom is -0.463 e. The molecule has 1 aromatic heterocycles. The third-order valence-corrected chi connectivity index (χ3v) is 3.60. The minimum absolute atomic E-state index is 0.0390. The molecule has 0 unspecified atom stereocenters. The fourth-order valence-corrected chi connectivity index (χ4v) is 2.48. The number of nitrogens with zero attached hydrogens (tertiary/aromatic N) is 2. The van der Waals surface area contributed by atoms with Crippen LogP contribution in [0.5, 0.6) is 0 Å². The van der Waals surface area contributed by atoms with E-state index in [-0.39, 0.29) is 5.54 Å². The Morgan fingerprint density at radius 2 is 2.12 bits per heavy atom. The van der Waals surface area contributed by atoms with E-state index in [0.29, 0.717) is 10.6 Å². The van der Waals surface area contributed by atoms with Crippen molar-refractivity contribution in [3.63, 3.8) is 0 Å². The molecule has 0 aliphatic rings. The van der Waals surface area contributed by atoms with Gasteiger partial charge in [0, 0.05) is 17.3 Å². The molecule has 96 valence electrons. The maximum absolute atomic E-state index is 10.7.